The van der Waals surface area contributed by atoms with Gasteiger partial charge in [-0.25, -0.2) is 0 Å². The van der Waals surface area contributed by atoms with Crippen molar-refractivity contribution in [2.24, 2.45) is 10.9 Å². The molecule has 25 heavy (non-hydrogen) atoms. The molecule has 2 rings (SSSR count). The number of nitrogens with one attached hydrogen (secondary N) is 2. The van der Waals surface area contributed by atoms with E-state index in [4.69, 9.17) is 14.2 Å². The smallest absolute Gasteiger partial charge is 0.190 e. The molecular weight excluding hydrogens is 435 g/mol. The van der Waals surface area contributed by atoms with Crippen LogP contribution in [0.15, 0.2) is 4.99 Å². The van der Waals surface area contributed by atoms with Gasteiger partial charge in [0.1, 0.15) is 0 Å². The van der Waals surface area contributed by atoms with Crippen molar-refractivity contribution >= 4 is 29.9 Å². The number of nitrogens with zero attached hydrogens (tertiary/aromatic N) is 2. The molecule has 0 amide bonds. The molecule has 2 N–H and O–H groups in total. The fourth-order valence-corrected chi connectivity index (χ4v) is 2.95. The Hall–Kier alpha value is -0.160. The second-order valence-electron chi connectivity index (χ2n) is 6.61. The summed E-state index contributed by atoms with van der Waals surface area (Å²) in [5.74, 6) is 1.44. The fraction of sp³-hybridized carbons (Fsp3) is 0.941. The number of hydrogen-bond donors (Lipinski definition) is 2. The third-order valence-electron chi connectivity index (χ3n) is 4.37. The molecule has 2 heterocycles. The zero-order chi connectivity index (χ0) is 17.0. The SMILES string of the molecule is CN=C(NCCCOC1CCOC1)NCC(C)CN1CCOCC1.I. The van der Waals surface area contributed by atoms with Crippen LogP contribution < -0.4 is 10.6 Å². The number of halogens is 1. The van der Waals surface area contributed by atoms with E-state index in [-0.39, 0.29) is 24.0 Å². The van der Waals surface area contributed by atoms with Crippen molar-refractivity contribution in [1.29, 1.82) is 0 Å². The predicted octanol–water partition coefficient (Wildman–Crippen LogP) is 0.933. The van der Waals surface area contributed by atoms with Crippen LogP contribution in [0.1, 0.15) is 19.8 Å². The standard InChI is InChI=1S/C17H34N4O3.HI/c1-15(13-21-6-10-22-11-7-21)12-20-17(18-2)19-5-3-8-24-16-4-9-23-14-16;/h15-16H,3-14H2,1-2H3,(H2,18,19,20);1H. The highest BCUT2D eigenvalue weighted by Crippen LogP contribution is 2.07. The van der Waals surface area contributed by atoms with E-state index in [0.717, 1.165) is 84.6 Å². The van der Waals surface area contributed by atoms with Crippen LogP contribution in [0, 0.1) is 5.92 Å². The predicted molar refractivity (Wildman–Crippen MR) is 111 cm³/mol. The van der Waals surface area contributed by atoms with E-state index in [1.165, 1.54) is 0 Å². The summed E-state index contributed by atoms with van der Waals surface area (Å²) < 4.78 is 16.4. The van der Waals surface area contributed by atoms with Crippen LogP contribution in [-0.4, -0.2) is 89.8 Å². The minimum atomic E-state index is 0. The van der Waals surface area contributed by atoms with Crippen LogP contribution in [0.3, 0.4) is 0 Å². The van der Waals surface area contributed by atoms with Crippen molar-refractivity contribution in [2.45, 2.75) is 25.9 Å². The van der Waals surface area contributed by atoms with Crippen LogP contribution in [0.2, 0.25) is 0 Å². The van der Waals surface area contributed by atoms with E-state index >= 15 is 0 Å². The molecule has 148 valence electrons. The molecule has 2 aliphatic rings. The van der Waals surface area contributed by atoms with Gasteiger partial charge < -0.3 is 24.8 Å². The molecular formula is C17H35IN4O3. The lowest BCUT2D eigenvalue weighted by atomic mass is 10.1. The number of rotatable bonds is 9. The van der Waals surface area contributed by atoms with Crippen LogP contribution in [-0.2, 0) is 14.2 Å². The summed E-state index contributed by atoms with van der Waals surface area (Å²) in [6, 6.07) is 0. The molecule has 0 radical (unpaired) electrons. The highest BCUT2D eigenvalue weighted by molar-refractivity contribution is 14.0. The normalized spacial score (nSPS) is 23.1. The molecule has 0 aliphatic carbocycles. The van der Waals surface area contributed by atoms with Crippen LogP contribution in [0.25, 0.3) is 0 Å². The first-order valence-electron chi connectivity index (χ1n) is 9.22. The quantitative estimate of drug-likeness (QED) is 0.226. The lowest BCUT2D eigenvalue weighted by Gasteiger charge is -2.29. The second-order valence-corrected chi connectivity index (χ2v) is 6.61. The summed E-state index contributed by atoms with van der Waals surface area (Å²) in [4.78, 5) is 6.75. The summed E-state index contributed by atoms with van der Waals surface area (Å²) >= 11 is 0. The third kappa shape index (κ3) is 9.93. The van der Waals surface area contributed by atoms with Gasteiger partial charge in [0, 0.05) is 53.0 Å². The molecule has 2 saturated heterocycles. The van der Waals surface area contributed by atoms with Crippen molar-refractivity contribution in [2.75, 3.05) is 72.8 Å². The van der Waals surface area contributed by atoms with Crippen molar-refractivity contribution in [1.82, 2.24) is 15.5 Å². The first-order valence-corrected chi connectivity index (χ1v) is 9.22. The van der Waals surface area contributed by atoms with E-state index in [1.807, 2.05) is 7.05 Å². The summed E-state index contributed by atoms with van der Waals surface area (Å²) in [5, 5.41) is 6.76. The van der Waals surface area contributed by atoms with Gasteiger partial charge in [0.15, 0.2) is 5.96 Å². The lowest BCUT2D eigenvalue weighted by molar-refractivity contribution is 0.0320. The summed E-state index contributed by atoms with van der Waals surface area (Å²) in [5.41, 5.74) is 0. The molecule has 2 unspecified atom stereocenters. The van der Waals surface area contributed by atoms with Gasteiger partial charge in [0.25, 0.3) is 0 Å². The Balaban J connectivity index is 0.00000312. The van der Waals surface area contributed by atoms with Crippen molar-refractivity contribution in [3.63, 3.8) is 0 Å². The van der Waals surface area contributed by atoms with E-state index in [0.29, 0.717) is 12.0 Å². The summed E-state index contributed by atoms with van der Waals surface area (Å²) in [7, 11) is 1.81. The van der Waals surface area contributed by atoms with Gasteiger partial charge in [0.2, 0.25) is 0 Å². The van der Waals surface area contributed by atoms with Crippen molar-refractivity contribution < 1.29 is 14.2 Å². The fourth-order valence-electron chi connectivity index (χ4n) is 2.95. The average Bonchev–Trinajstić information content (AvgIpc) is 3.11. The molecule has 8 heteroatoms. The molecule has 2 fully saturated rings. The zero-order valence-electron chi connectivity index (χ0n) is 15.7. The highest BCUT2D eigenvalue weighted by atomic mass is 127. The van der Waals surface area contributed by atoms with Gasteiger partial charge in [-0.05, 0) is 18.8 Å². The Labute approximate surface area is 169 Å². The van der Waals surface area contributed by atoms with Gasteiger partial charge in [-0.3, -0.25) is 9.89 Å². The Kier molecular flexibility index (Phi) is 12.8. The molecule has 0 bridgehead atoms. The first-order chi connectivity index (χ1) is 11.8. The summed E-state index contributed by atoms with van der Waals surface area (Å²) in [6.07, 6.45) is 2.29. The third-order valence-corrected chi connectivity index (χ3v) is 4.37. The van der Waals surface area contributed by atoms with Gasteiger partial charge in [0.05, 0.1) is 25.9 Å². The molecule has 0 aromatic heterocycles. The first kappa shape index (κ1) is 22.9. The molecule has 0 spiro atoms. The Morgan fingerprint density at radius 1 is 1.24 bits per heavy atom. The molecule has 2 aliphatic heterocycles. The molecule has 0 saturated carbocycles. The number of aliphatic imine (C=N–C) groups is 1. The second kappa shape index (κ2) is 14.0. The van der Waals surface area contributed by atoms with Crippen molar-refractivity contribution in [3.8, 4) is 0 Å². The molecule has 2 atom stereocenters. The zero-order valence-corrected chi connectivity index (χ0v) is 18.0. The number of morpholine rings is 1. The van der Waals surface area contributed by atoms with Crippen molar-refractivity contribution in [3.05, 3.63) is 0 Å². The van der Waals surface area contributed by atoms with Crippen LogP contribution >= 0.6 is 24.0 Å². The van der Waals surface area contributed by atoms with E-state index in [1.54, 1.807) is 0 Å². The maximum Gasteiger partial charge on any atom is 0.190 e. The number of ether oxygens (including phenoxy) is 3. The Morgan fingerprint density at radius 2 is 2.04 bits per heavy atom. The monoisotopic (exact) mass is 470 g/mol. The van der Waals surface area contributed by atoms with Crippen LogP contribution in [0.4, 0.5) is 0 Å². The maximum absolute atomic E-state index is 5.76. The van der Waals surface area contributed by atoms with E-state index in [2.05, 4.69) is 27.4 Å². The van der Waals surface area contributed by atoms with E-state index < -0.39 is 0 Å². The van der Waals surface area contributed by atoms with Gasteiger partial charge in [-0.1, -0.05) is 6.92 Å². The largest absolute Gasteiger partial charge is 0.379 e. The Bertz CT molecular complexity index is 362. The molecule has 0 aromatic carbocycles. The maximum atomic E-state index is 5.76. The van der Waals surface area contributed by atoms with E-state index in [9.17, 15) is 0 Å². The van der Waals surface area contributed by atoms with Gasteiger partial charge >= 0.3 is 0 Å². The van der Waals surface area contributed by atoms with Gasteiger partial charge in [-0.15, -0.1) is 24.0 Å². The van der Waals surface area contributed by atoms with Crippen LogP contribution in [0.5, 0.6) is 0 Å². The minimum Gasteiger partial charge on any atom is -0.379 e. The topological polar surface area (TPSA) is 67.4 Å². The number of guanidine groups is 1. The number of hydrogen-bond acceptors (Lipinski definition) is 5. The minimum absolute atomic E-state index is 0. The average molecular weight is 470 g/mol. The molecule has 7 nitrogen and oxygen atoms in total. The lowest BCUT2D eigenvalue weighted by Crippen LogP contribution is -2.44. The highest BCUT2D eigenvalue weighted by Gasteiger charge is 2.15. The van der Waals surface area contributed by atoms with Gasteiger partial charge in [-0.2, -0.15) is 0 Å². The Morgan fingerprint density at radius 3 is 2.72 bits per heavy atom. The summed E-state index contributed by atoms with van der Waals surface area (Å²) in [6.45, 7) is 11.3. The molecule has 0 aromatic rings.